The van der Waals surface area contributed by atoms with Crippen LogP contribution < -0.4 is 5.32 Å². The van der Waals surface area contributed by atoms with Crippen molar-refractivity contribution in [1.82, 2.24) is 15.1 Å². The Morgan fingerprint density at radius 3 is 1.77 bits per heavy atom. The molecule has 1 N–H and O–H groups in total. The minimum Gasteiger partial charge on any atom is -0.358 e. The molecule has 0 saturated heterocycles. The largest absolute Gasteiger partial charge is 0.390 e. The van der Waals surface area contributed by atoms with Crippen molar-refractivity contribution in [2.24, 2.45) is 0 Å². The number of hydrogen-bond acceptors (Lipinski definition) is 4. The third kappa shape index (κ3) is 13.9. The number of nitrogens with zero attached hydrogens (tertiary/aromatic N) is 3. The second kappa shape index (κ2) is 17.7. The van der Waals surface area contributed by atoms with E-state index in [0.29, 0.717) is 12.2 Å². The number of carbonyl (C=O) groups is 1. The van der Waals surface area contributed by atoms with E-state index in [1.165, 1.54) is 101 Å². The third-order valence-electron chi connectivity index (χ3n) is 5.80. The van der Waals surface area contributed by atoms with Gasteiger partial charge in [0.15, 0.2) is 0 Å². The van der Waals surface area contributed by atoms with Crippen LogP contribution in [0.15, 0.2) is 6.07 Å². The van der Waals surface area contributed by atoms with Gasteiger partial charge >= 0.3 is 5.82 Å². The van der Waals surface area contributed by atoms with Crippen LogP contribution in [0.4, 0.5) is 5.82 Å². The number of hydrogen-bond donors (Lipinski definition) is 1. The topological polar surface area (TPSA) is 90.1 Å². The van der Waals surface area contributed by atoms with Gasteiger partial charge in [-0.2, -0.15) is 4.68 Å². The number of nitro groups is 1. The molecule has 1 aromatic rings. The van der Waals surface area contributed by atoms with Crippen molar-refractivity contribution in [2.75, 3.05) is 6.54 Å². The van der Waals surface area contributed by atoms with Crippen LogP contribution in [-0.2, 0) is 11.3 Å². The second-order valence-corrected chi connectivity index (χ2v) is 8.71. The lowest BCUT2D eigenvalue weighted by Crippen LogP contribution is -2.29. The van der Waals surface area contributed by atoms with Gasteiger partial charge in [0.25, 0.3) is 0 Å². The summed E-state index contributed by atoms with van der Waals surface area (Å²) in [5.74, 6) is -0.370. The third-order valence-corrected chi connectivity index (χ3v) is 5.80. The highest BCUT2D eigenvalue weighted by molar-refractivity contribution is 5.75. The van der Waals surface area contributed by atoms with Gasteiger partial charge in [-0.25, -0.2) is 0 Å². The summed E-state index contributed by atoms with van der Waals surface area (Å²) in [5.41, 5.74) is 0.615. The van der Waals surface area contributed by atoms with E-state index >= 15 is 0 Å². The van der Waals surface area contributed by atoms with Crippen LogP contribution in [0.5, 0.6) is 0 Å². The summed E-state index contributed by atoms with van der Waals surface area (Å²) >= 11 is 0. The molecule has 0 aliphatic carbocycles. The van der Waals surface area contributed by atoms with Gasteiger partial charge in [-0.3, -0.25) is 4.79 Å². The molecule has 0 bridgehead atoms. The molecule has 1 rings (SSSR count). The van der Waals surface area contributed by atoms with E-state index in [0.717, 1.165) is 12.8 Å². The van der Waals surface area contributed by atoms with Gasteiger partial charge in [-0.15, -0.1) is 0 Å². The van der Waals surface area contributed by atoms with E-state index in [4.69, 9.17) is 0 Å². The van der Waals surface area contributed by atoms with Crippen LogP contribution in [0.3, 0.4) is 0 Å². The maximum absolute atomic E-state index is 12.0. The smallest absolute Gasteiger partial charge is 0.358 e. The van der Waals surface area contributed by atoms with E-state index in [-0.39, 0.29) is 18.3 Å². The van der Waals surface area contributed by atoms with Crippen molar-refractivity contribution in [3.63, 3.8) is 0 Å². The molecule has 0 unspecified atom stereocenters. The van der Waals surface area contributed by atoms with Crippen LogP contribution in [0.1, 0.15) is 115 Å². The van der Waals surface area contributed by atoms with Gasteiger partial charge in [0.05, 0.1) is 16.9 Å². The van der Waals surface area contributed by atoms with Crippen LogP contribution >= 0.6 is 0 Å². The molecule has 1 heterocycles. The van der Waals surface area contributed by atoms with E-state index in [9.17, 15) is 14.9 Å². The van der Waals surface area contributed by atoms with Crippen molar-refractivity contribution >= 4 is 11.7 Å². The van der Waals surface area contributed by atoms with E-state index in [1.807, 2.05) is 0 Å². The molecule has 0 aromatic carbocycles. The molecule has 7 heteroatoms. The van der Waals surface area contributed by atoms with Crippen LogP contribution in [-0.4, -0.2) is 27.2 Å². The Morgan fingerprint density at radius 1 is 0.903 bits per heavy atom. The Hall–Kier alpha value is -1.92. The molecule has 0 spiro atoms. The first-order chi connectivity index (χ1) is 15.0. The fourth-order valence-electron chi connectivity index (χ4n) is 3.83. The lowest BCUT2D eigenvalue weighted by molar-refractivity contribution is -0.389. The standard InChI is InChI=1S/C24H44N4O3/c1-3-4-5-6-7-8-9-10-11-12-13-14-15-16-17-18-19-25-24(29)21-27-22(2)20-23(26-27)28(30)31/h20H,3-19,21H2,1-2H3,(H,25,29). The molecule has 0 saturated carbocycles. The monoisotopic (exact) mass is 436 g/mol. The second-order valence-electron chi connectivity index (χ2n) is 8.71. The van der Waals surface area contributed by atoms with Crippen LogP contribution in [0, 0.1) is 17.0 Å². The molecule has 0 radical (unpaired) electrons. The number of unbranched alkanes of at least 4 members (excludes halogenated alkanes) is 15. The molecule has 0 fully saturated rings. The highest BCUT2D eigenvalue weighted by Crippen LogP contribution is 2.14. The van der Waals surface area contributed by atoms with Crippen molar-refractivity contribution in [2.45, 2.75) is 123 Å². The summed E-state index contributed by atoms with van der Waals surface area (Å²) in [4.78, 5) is 22.1. The first-order valence-electron chi connectivity index (χ1n) is 12.5. The van der Waals surface area contributed by atoms with Crippen molar-refractivity contribution < 1.29 is 9.72 Å². The Labute approximate surface area is 188 Å². The van der Waals surface area contributed by atoms with Gasteiger partial charge in [-0.05, 0) is 18.3 Å². The number of carbonyl (C=O) groups excluding carboxylic acids is 1. The Bertz CT molecular complexity index is 616. The predicted octanol–water partition coefficient (Wildman–Crippen LogP) is 6.48. The number of aromatic nitrogens is 2. The molecule has 31 heavy (non-hydrogen) atoms. The lowest BCUT2D eigenvalue weighted by atomic mass is 10.0. The molecule has 0 aliphatic rings. The average molecular weight is 437 g/mol. The summed E-state index contributed by atoms with van der Waals surface area (Å²) in [6.07, 6.45) is 21.3. The zero-order valence-corrected chi connectivity index (χ0v) is 19.9. The average Bonchev–Trinajstić information content (AvgIpc) is 3.11. The zero-order valence-electron chi connectivity index (χ0n) is 19.9. The van der Waals surface area contributed by atoms with Crippen LogP contribution in [0.2, 0.25) is 0 Å². The number of aryl methyl sites for hydroxylation is 1. The van der Waals surface area contributed by atoms with Gasteiger partial charge in [0.2, 0.25) is 5.91 Å². The molecule has 1 amide bonds. The van der Waals surface area contributed by atoms with Gasteiger partial charge in [0, 0.05) is 6.54 Å². The SMILES string of the molecule is CCCCCCCCCCCCCCCCCCNC(=O)Cn1nc([N+](=O)[O-])cc1C. The van der Waals surface area contributed by atoms with E-state index < -0.39 is 4.92 Å². The minimum absolute atomic E-state index is 0.0263. The highest BCUT2D eigenvalue weighted by Gasteiger charge is 2.17. The first-order valence-corrected chi connectivity index (χ1v) is 12.5. The lowest BCUT2D eigenvalue weighted by Gasteiger charge is -2.05. The van der Waals surface area contributed by atoms with Crippen LogP contribution in [0.25, 0.3) is 0 Å². The summed E-state index contributed by atoms with van der Waals surface area (Å²) in [6.45, 7) is 4.66. The molecule has 0 atom stereocenters. The molecular weight excluding hydrogens is 392 g/mol. The summed E-state index contributed by atoms with van der Waals surface area (Å²) in [6, 6.07) is 1.38. The van der Waals surface area contributed by atoms with Gasteiger partial charge in [-0.1, -0.05) is 103 Å². The van der Waals surface area contributed by atoms with Crippen molar-refractivity contribution in [3.8, 4) is 0 Å². The van der Waals surface area contributed by atoms with Crippen molar-refractivity contribution in [1.29, 1.82) is 0 Å². The van der Waals surface area contributed by atoms with E-state index in [2.05, 4.69) is 17.3 Å². The fourth-order valence-corrected chi connectivity index (χ4v) is 3.83. The molecule has 0 aliphatic heterocycles. The Morgan fingerprint density at radius 2 is 1.35 bits per heavy atom. The van der Waals surface area contributed by atoms with Crippen molar-refractivity contribution in [3.05, 3.63) is 21.9 Å². The Balaban J connectivity index is 1.86. The molecule has 7 nitrogen and oxygen atoms in total. The molecular formula is C24H44N4O3. The number of rotatable bonds is 20. The molecule has 1 aromatic heterocycles. The summed E-state index contributed by atoms with van der Waals surface area (Å²) < 4.78 is 1.38. The summed E-state index contributed by atoms with van der Waals surface area (Å²) in [5, 5.41) is 17.4. The Kier molecular flexibility index (Phi) is 15.5. The zero-order chi connectivity index (χ0) is 22.7. The van der Waals surface area contributed by atoms with E-state index in [1.54, 1.807) is 6.92 Å². The predicted molar refractivity (Wildman–Crippen MR) is 126 cm³/mol. The van der Waals surface area contributed by atoms with Gasteiger partial charge in [0.1, 0.15) is 6.54 Å². The quantitative estimate of drug-likeness (QED) is 0.144. The maximum Gasteiger partial charge on any atom is 0.390 e. The number of amides is 1. The van der Waals surface area contributed by atoms with Gasteiger partial charge < -0.3 is 15.4 Å². The summed E-state index contributed by atoms with van der Waals surface area (Å²) in [7, 11) is 0. The maximum atomic E-state index is 12.0. The normalized spacial score (nSPS) is 11.0. The highest BCUT2D eigenvalue weighted by atomic mass is 16.6. The number of nitrogens with one attached hydrogen (secondary N) is 1. The minimum atomic E-state index is -0.544. The first kappa shape index (κ1) is 27.1. The molecule has 178 valence electrons. The fraction of sp³-hybridized carbons (Fsp3) is 0.833.